The second kappa shape index (κ2) is 16.1. The largest absolute Gasteiger partial charge is 0.472 e. The Kier molecular flexibility index (Phi) is 11.8. The van der Waals surface area contributed by atoms with Gasteiger partial charge in [0, 0.05) is 46.7 Å². The summed E-state index contributed by atoms with van der Waals surface area (Å²) in [7, 11) is 0. The highest BCUT2D eigenvalue weighted by Crippen LogP contribution is 2.70. The van der Waals surface area contributed by atoms with E-state index >= 15 is 0 Å². The van der Waals surface area contributed by atoms with Crippen LogP contribution in [0, 0.1) is 11.3 Å². The Hall–Kier alpha value is -5.93. The van der Waals surface area contributed by atoms with Crippen molar-refractivity contribution in [1.29, 1.82) is 0 Å². The molecule has 4 bridgehead atoms. The summed E-state index contributed by atoms with van der Waals surface area (Å²) in [4.78, 5) is 113. The lowest BCUT2D eigenvalue weighted by Crippen LogP contribution is -2.89. The monoisotopic (exact) mass is 873 g/mol. The Morgan fingerprint density at radius 2 is 1.37 bits per heavy atom. The van der Waals surface area contributed by atoms with Gasteiger partial charge >= 0.3 is 47.8 Å². The number of aromatic nitrogens is 1. The van der Waals surface area contributed by atoms with Crippen molar-refractivity contribution in [2.75, 3.05) is 13.2 Å². The van der Waals surface area contributed by atoms with Crippen molar-refractivity contribution in [3.05, 3.63) is 53.7 Å². The lowest BCUT2D eigenvalue weighted by atomic mass is 9.45. The lowest BCUT2D eigenvalue weighted by Gasteiger charge is -2.67. The summed E-state index contributed by atoms with van der Waals surface area (Å²) in [5.41, 5.74) is -14.0. The number of pyridine rings is 1. The van der Waals surface area contributed by atoms with Crippen molar-refractivity contribution in [1.82, 2.24) is 4.98 Å². The van der Waals surface area contributed by atoms with Gasteiger partial charge in [-0.25, -0.2) is 14.4 Å². The fourth-order valence-corrected chi connectivity index (χ4v) is 9.66. The van der Waals surface area contributed by atoms with Gasteiger partial charge in [-0.3, -0.25) is 29.0 Å². The van der Waals surface area contributed by atoms with E-state index in [2.05, 4.69) is 4.98 Å². The van der Waals surface area contributed by atoms with Crippen molar-refractivity contribution in [3.63, 3.8) is 0 Å². The SMILES string of the molecule is CC(=O)O[C@@H]1[C@@H]2[C@@H](OC(C)=O)[C@@]34O[C@@]2(C)COC(=O)c2cccnc2[C@@H](C)[C@@](C)(O)C(=O)O[C@@H]([C@H](OC(C)=O)[C@H](OC(C)=O)[C@@]3(COC(=O)c2ccoc2)[C@@H]1OC(C)=O)[C@]4(C)O. The minimum Gasteiger partial charge on any atom is -0.472 e. The van der Waals surface area contributed by atoms with Crippen molar-refractivity contribution in [2.24, 2.45) is 11.3 Å². The predicted octanol–water partition coefficient (Wildman–Crippen LogP) is 1.04. The first kappa shape index (κ1) is 45.6. The molecule has 4 aliphatic rings. The smallest absolute Gasteiger partial charge is 0.341 e. The molecule has 6 rings (SSSR count). The van der Waals surface area contributed by atoms with E-state index in [4.69, 9.17) is 47.0 Å². The maximum absolute atomic E-state index is 14.5. The van der Waals surface area contributed by atoms with E-state index in [1.165, 1.54) is 38.2 Å². The number of nitrogens with zero attached hydrogens (tertiary/aromatic N) is 1. The van der Waals surface area contributed by atoms with E-state index in [-0.39, 0.29) is 16.8 Å². The molecule has 0 aromatic carbocycles. The van der Waals surface area contributed by atoms with E-state index in [0.717, 1.165) is 61.0 Å². The summed E-state index contributed by atoms with van der Waals surface area (Å²) in [5, 5.41) is 25.5. The molecule has 0 unspecified atom stereocenters. The number of hydrogen-bond acceptors (Lipinski definition) is 21. The maximum atomic E-state index is 14.5. The summed E-state index contributed by atoms with van der Waals surface area (Å²) in [6.07, 6.45) is -9.37. The van der Waals surface area contributed by atoms with Crippen LogP contribution in [-0.2, 0) is 71.4 Å². The van der Waals surface area contributed by atoms with Crippen LogP contribution in [0.3, 0.4) is 0 Å². The van der Waals surface area contributed by atoms with Crippen molar-refractivity contribution in [2.45, 2.75) is 127 Å². The standard InChI is InChI=1S/C41H47NO20/c1-18-27-25(11-10-13-42-27)35(49)54-16-37(7)26-28(56-19(2)43)32(59-22(5)46)40(17-55-34(48)24-12-14-53-15-24)33(60-23(6)47)29(57-20(3)44)31(61-36(50)38(18,8)51)39(9,52)41(40,62-37)30(26)58-21(4)45/h10-15,18,26,28-33,51-52H,16-17H2,1-9H3/t18-,26-,28-,29+,30-,31+,32-,33+,37+,38-,39+,40-,41+/m1/s1. The summed E-state index contributed by atoms with van der Waals surface area (Å²) >= 11 is 0. The van der Waals surface area contributed by atoms with E-state index < -0.39 is 137 Å². The van der Waals surface area contributed by atoms with Crippen LogP contribution < -0.4 is 0 Å². The molecule has 62 heavy (non-hydrogen) atoms. The van der Waals surface area contributed by atoms with E-state index in [1.54, 1.807) is 0 Å². The third kappa shape index (κ3) is 7.14. The van der Waals surface area contributed by atoms with Gasteiger partial charge in [0.2, 0.25) is 0 Å². The van der Waals surface area contributed by atoms with Crippen molar-refractivity contribution >= 4 is 47.8 Å². The number of rotatable bonds is 8. The first-order chi connectivity index (χ1) is 28.9. The molecule has 3 fully saturated rings. The zero-order valence-corrected chi connectivity index (χ0v) is 35.2. The molecule has 2 aliphatic carbocycles. The number of carbonyl (C=O) groups is 8. The van der Waals surface area contributed by atoms with Crippen LogP contribution in [0.2, 0.25) is 0 Å². The molecule has 21 heteroatoms. The molecule has 2 aromatic heterocycles. The van der Waals surface area contributed by atoms with Gasteiger partial charge < -0.3 is 57.3 Å². The van der Waals surface area contributed by atoms with Crippen molar-refractivity contribution in [3.8, 4) is 0 Å². The summed E-state index contributed by atoms with van der Waals surface area (Å²) in [5.74, 6) is -12.2. The number of furan rings is 1. The molecule has 4 heterocycles. The van der Waals surface area contributed by atoms with Crippen LogP contribution in [0.1, 0.15) is 94.6 Å². The second-order valence-corrected chi connectivity index (χ2v) is 16.4. The Morgan fingerprint density at radius 3 is 1.94 bits per heavy atom. The average Bonchev–Trinajstić information content (AvgIpc) is 3.79. The van der Waals surface area contributed by atoms with Gasteiger partial charge in [0.25, 0.3) is 0 Å². The van der Waals surface area contributed by atoms with Gasteiger partial charge in [-0.2, -0.15) is 0 Å². The van der Waals surface area contributed by atoms with Crippen molar-refractivity contribution < 1.29 is 95.6 Å². The van der Waals surface area contributed by atoms with Crippen LogP contribution >= 0.6 is 0 Å². The molecule has 2 saturated carbocycles. The number of fused-ring (bicyclic) bond motifs is 5. The molecule has 2 aromatic rings. The van der Waals surface area contributed by atoms with Crippen LogP contribution in [0.15, 0.2) is 41.3 Å². The van der Waals surface area contributed by atoms with Gasteiger partial charge in [0.15, 0.2) is 35.6 Å². The van der Waals surface area contributed by atoms with Gasteiger partial charge in [-0.1, -0.05) is 6.92 Å². The summed E-state index contributed by atoms with van der Waals surface area (Å²) in [6, 6.07) is 3.92. The molecular formula is C41H47NO20. The third-order valence-electron chi connectivity index (χ3n) is 12.2. The highest BCUT2D eigenvalue weighted by atomic mass is 16.7. The number of aliphatic hydroxyl groups is 2. The molecule has 0 radical (unpaired) electrons. The number of cyclic esters (lactones) is 1. The molecule has 1 saturated heterocycles. The molecule has 336 valence electrons. The lowest BCUT2D eigenvalue weighted by molar-refractivity contribution is -0.387. The second-order valence-electron chi connectivity index (χ2n) is 16.4. The molecule has 2 aliphatic heterocycles. The van der Waals surface area contributed by atoms with Gasteiger partial charge in [0.1, 0.15) is 48.3 Å². The van der Waals surface area contributed by atoms with Gasteiger partial charge in [-0.15, -0.1) is 0 Å². The fraction of sp³-hybridized carbons (Fsp3) is 0.585. The van der Waals surface area contributed by atoms with Gasteiger partial charge in [0.05, 0.1) is 29.0 Å². The van der Waals surface area contributed by atoms with Crippen LogP contribution in [0.4, 0.5) is 0 Å². The van der Waals surface area contributed by atoms with E-state index in [0.29, 0.717) is 0 Å². The van der Waals surface area contributed by atoms with Gasteiger partial charge in [-0.05, 0) is 39.0 Å². The number of esters is 8. The maximum Gasteiger partial charge on any atom is 0.341 e. The zero-order chi connectivity index (χ0) is 45.9. The predicted molar refractivity (Wildman–Crippen MR) is 199 cm³/mol. The van der Waals surface area contributed by atoms with E-state index in [1.807, 2.05) is 0 Å². The number of hydrogen-bond donors (Lipinski definition) is 2. The topological polar surface area (TPSA) is 286 Å². The Labute approximate surface area is 353 Å². The Morgan fingerprint density at radius 1 is 0.806 bits per heavy atom. The highest BCUT2D eigenvalue weighted by molar-refractivity contribution is 5.92. The molecule has 0 amide bonds. The molecule has 13 atom stereocenters. The van der Waals surface area contributed by atoms with Crippen LogP contribution in [-0.4, -0.2) is 135 Å². The van der Waals surface area contributed by atoms with Crippen LogP contribution in [0.25, 0.3) is 0 Å². The van der Waals surface area contributed by atoms with Crippen LogP contribution in [0.5, 0.6) is 0 Å². The number of carbonyl (C=O) groups excluding carboxylic acids is 8. The summed E-state index contributed by atoms with van der Waals surface area (Å²) < 4.78 is 59.7. The summed E-state index contributed by atoms with van der Waals surface area (Å²) in [6.45, 7) is 7.41. The fourth-order valence-electron chi connectivity index (χ4n) is 9.66. The average molecular weight is 874 g/mol. The third-order valence-corrected chi connectivity index (χ3v) is 12.2. The highest BCUT2D eigenvalue weighted by Gasteiger charge is 2.92. The Bertz CT molecular complexity index is 2170. The Balaban J connectivity index is 1.80. The first-order valence-electron chi connectivity index (χ1n) is 19.4. The molecular weight excluding hydrogens is 826 g/mol. The van der Waals surface area contributed by atoms with E-state index in [9.17, 15) is 48.6 Å². The molecule has 21 nitrogen and oxygen atoms in total. The quantitative estimate of drug-likeness (QED) is 0.277. The molecule has 1 spiro atoms. The minimum absolute atomic E-state index is 0.141. The number of ether oxygens (including phenoxy) is 9. The minimum atomic E-state index is -3.00. The zero-order valence-electron chi connectivity index (χ0n) is 35.2. The normalized spacial score (nSPS) is 37.3. The molecule has 2 N–H and O–H groups in total. The first-order valence-corrected chi connectivity index (χ1v) is 19.4.